The number of anilines is 4. The lowest BCUT2D eigenvalue weighted by Crippen LogP contribution is -1.90. The highest BCUT2D eigenvalue weighted by molar-refractivity contribution is 6.12. The highest BCUT2D eigenvalue weighted by Gasteiger charge is 2.04. The molecule has 28 heavy (non-hydrogen) atoms. The van der Waals surface area contributed by atoms with Crippen LogP contribution in [0.4, 0.5) is 22.7 Å². The maximum absolute atomic E-state index is 5.95. The van der Waals surface area contributed by atoms with Gasteiger partial charge in [0.05, 0.1) is 0 Å². The Morgan fingerprint density at radius 2 is 1.21 bits per heavy atom. The van der Waals surface area contributed by atoms with Crippen LogP contribution >= 0.6 is 0 Å². The Labute approximate surface area is 163 Å². The minimum Gasteiger partial charge on any atom is -0.399 e. The van der Waals surface area contributed by atoms with Gasteiger partial charge in [0.2, 0.25) is 0 Å². The molecule has 0 saturated carbocycles. The van der Waals surface area contributed by atoms with Gasteiger partial charge in [-0.1, -0.05) is 42.5 Å². The summed E-state index contributed by atoms with van der Waals surface area (Å²) in [7, 11) is 0. The van der Waals surface area contributed by atoms with Crippen LogP contribution in [-0.2, 0) is 0 Å². The van der Waals surface area contributed by atoms with Crippen molar-refractivity contribution in [2.24, 2.45) is 0 Å². The fourth-order valence-corrected chi connectivity index (χ4v) is 3.18. The Morgan fingerprint density at radius 3 is 2.00 bits per heavy atom. The van der Waals surface area contributed by atoms with Crippen molar-refractivity contribution in [2.45, 2.75) is 0 Å². The highest BCUT2D eigenvalue weighted by Crippen LogP contribution is 2.29. The normalized spacial score (nSPS) is 10.4. The molecule has 0 saturated heterocycles. The van der Waals surface area contributed by atoms with Crippen LogP contribution in [0.3, 0.4) is 0 Å². The highest BCUT2D eigenvalue weighted by atomic mass is 14.9. The maximum Gasteiger partial charge on any atom is 0.0485 e. The van der Waals surface area contributed by atoms with E-state index in [2.05, 4.69) is 22.4 Å². The number of benzene rings is 4. The molecule has 4 heteroatoms. The molecule has 1 heterocycles. The fourth-order valence-electron chi connectivity index (χ4n) is 3.18. The molecule has 0 aliphatic carbocycles. The van der Waals surface area contributed by atoms with Crippen molar-refractivity contribution in [3.8, 4) is 0 Å². The fraction of sp³-hybridized carbons (Fsp3) is 0. The molecular formula is C24H22N4. The molecule has 1 aromatic heterocycles. The molecule has 0 aliphatic heterocycles. The molecule has 6 N–H and O–H groups in total. The SMILES string of the molecule is Nc1ccc(Nc2ccccc2)cc1.Nc1cccc2[nH]c3ccccc3c12. The summed E-state index contributed by atoms with van der Waals surface area (Å²) in [6, 6.07) is 31.9. The van der Waals surface area contributed by atoms with E-state index in [0.717, 1.165) is 39.2 Å². The van der Waals surface area contributed by atoms with Gasteiger partial charge in [-0.3, -0.25) is 0 Å². The van der Waals surface area contributed by atoms with Crippen molar-refractivity contribution in [3.05, 3.63) is 97.1 Å². The third kappa shape index (κ3) is 3.76. The first kappa shape index (κ1) is 17.5. The van der Waals surface area contributed by atoms with Gasteiger partial charge < -0.3 is 21.8 Å². The average molecular weight is 366 g/mol. The van der Waals surface area contributed by atoms with E-state index in [1.54, 1.807) is 0 Å². The third-order valence-electron chi connectivity index (χ3n) is 4.54. The number of aromatic nitrogens is 1. The molecule has 0 amide bonds. The van der Waals surface area contributed by atoms with E-state index < -0.39 is 0 Å². The molecular weight excluding hydrogens is 344 g/mol. The van der Waals surface area contributed by atoms with E-state index >= 15 is 0 Å². The number of nitrogen functional groups attached to an aromatic ring is 2. The molecule has 5 rings (SSSR count). The van der Waals surface area contributed by atoms with E-state index in [1.165, 1.54) is 5.39 Å². The van der Waals surface area contributed by atoms with Crippen LogP contribution in [0.1, 0.15) is 0 Å². The lowest BCUT2D eigenvalue weighted by molar-refractivity contribution is 1.55. The van der Waals surface area contributed by atoms with Crippen LogP contribution < -0.4 is 16.8 Å². The van der Waals surface area contributed by atoms with Crippen molar-refractivity contribution in [3.63, 3.8) is 0 Å². The molecule has 0 radical (unpaired) electrons. The summed E-state index contributed by atoms with van der Waals surface area (Å²) in [5.74, 6) is 0. The van der Waals surface area contributed by atoms with E-state index in [4.69, 9.17) is 11.5 Å². The van der Waals surface area contributed by atoms with Gasteiger partial charge in [0.1, 0.15) is 0 Å². The third-order valence-corrected chi connectivity index (χ3v) is 4.54. The summed E-state index contributed by atoms with van der Waals surface area (Å²) < 4.78 is 0. The summed E-state index contributed by atoms with van der Waals surface area (Å²) in [4.78, 5) is 3.34. The first-order chi connectivity index (χ1) is 13.7. The van der Waals surface area contributed by atoms with Gasteiger partial charge in [-0.2, -0.15) is 0 Å². The van der Waals surface area contributed by atoms with Gasteiger partial charge in [0.25, 0.3) is 0 Å². The van der Waals surface area contributed by atoms with Gasteiger partial charge in [-0.15, -0.1) is 0 Å². The Balaban J connectivity index is 0.000000137. The Bertz CT molecular complexity index is 1190. The standard InChI is InChI=1S/C12H10N2.C12H12N2/c13-9-5-3-7-11-12(9)8-4-1-2-6-10(8)14-11;13-10-6-8-12(9-7-10)14-11-4-2-1-3-5-11/h1-7,14H,13H2;1-9,14H,13H2. The zero-order chi connectivity index (χ0) is 19.3. The molecule has 138 valence electrons. The number of H-pyrrole nitrogens is 1. The Hall–Kier alpha value is -3.92. The van der Waals surface area contributed by atoms with Gasteiger partial charge in [-0.05, 0) is 54.6 Å². The largest absolute Gasteiger partial charge is 0.399 e. The van der Waals surface area contributed by atoms with Crippen molar-refractivity contribution >= 4 is 44.6 Å². The molecule has 4 nitrogen and oxygen atoms in total. The average Bonchev–Trinajstić information content (AvgIpc) is 3.11. The Kier molecular flexibility index (Phi) is 4.85. The number of fused-ring (bicyclic) bond motifs is 3. The first-order valence-electron chi connectivity index (χ1n) is 9.13. The van der Waals surface area contributed by atoms with Crippen molar-refractivity contribution < 1.29 is 0 Å². The lowest BCUT2D eigenvalue weighted by atomic mass is 10.1. The molecule has 0 atom stereocenters. The second-order valence-corrected chi connectivity index (χ2v) is 6.55. The zero-order valence-electron chi connectivity index (χ0n) is 15.4. The number of hydrogen-bond donors (Lipinski definition) is 4. The molecule has 0 bridgehead atoms. The van der Waals surface area contributed by atoms with Crippen molar-refractivity contribution in [1.29, 1.82) is 0 Å². The molecule has 0 fully saturated rings. The molecule has 0 aliphatic rings. The van der Waals surface area contributed by atoms with Crippen LogP contribution in [0.2, 0.25) is 0 Å². The van der Waals surface area contributed by atoms with Gasteiger partial charge >= 0.3 is 0 Å². The second kappa shape index (κ2) is 7.76. The Morgan fingerprint density at radius 1 is 0.571 bits per heavy atom. The van der Waals surface area contributed by atoms with Crippen LogP contribution in [0.25, 0.3) is 21.8 Å². The molecule has 0 spiro atoms. The summed E-state index contributed by atoms with van der Waals surface area (Å²) in [5.41, 5.74) is 17.5. The number of rotatable bonds is 2. The van der Waals surface area contributed by atoms with E-state index in [-0.39, 0.29) is 0 Å². The lowest BCUT2D eigenvalue weighted by Gasteiger charge is -2.05. The zero-order valence-corrected chi connectivity index (χ0v) is 15.4. The summed E-state index contributed by atoms with van der Waals surface area (Å²) in [6.07, 6.45) is 0. The number of nitrogens with one attached hydrogen (secondary N) is 2. The van der Waals surface area contributed by atoms with E-state index in [9.17, 15) is 0 Å². The van der Waals surface area contributed by atoms with Crippen molar-refractivity contribution in [2.75, 3.05) is 16.8 Å². The van der Waals surface area contributed by atoms with Gasteiger partial charge in [0, 0.05) is 44.6 Å². The van der Waals surface area contributed by atoms with Crippen molar-refractivity contribution in [1.82, 2.24) is 4.98 Å². The monoisotopic (exact) mass is 366 g/mol. The first-order valence-corrected chi connectivity index (χ1v) is 9.13. The molecule has 0 unspecified atom stereocenters. The summed E-state index contributed by atoms with van der Waals surface area (Å²) in [5, 5.41) is 5.60. The van der Waals surface area contributed by atoms with Crippen LogP contribution in [0, 0.1) is 0 Å². The molecule has 5 aromatic rings. The number of nitrogens with two attached hydrogens (primary N) is 2. The maximum atomic E-state index is 5.95. The second-order valence-electron chi connectivity index (χ2n) is 6.55. The van der Waals surface area contributed by atoms with Gasteiger partial charge in [-0.25, -0.2) is 0 Å². The van der Waals surface area contributed by atoms with Crippen LogP contribution in [0.5, 0.6) is 0 Å². The number of para-hydroxylation sites is 2. The molecule has 4 aromatic carbocycles. The van der Waals surface area contributed by atoms with Crippen LogP contribution in [-0.4, -0.2) is 4.98 Å². The number of hydrogen-bond acceptors (Lipinski definition) is 3. The summed E-state index contributed by atoms with van der Waals surface area (Å²) >= 11 is 0. The smallest absolute Gasteiger partial charge is 0.0485 e. The minimum absolute atomic E-state index is 0.781. The number of aromatic amines is 1. The van der Waals surface area contributed by atoms with Gasteiger partial charge in [0.15, 0.2) is 0 Å². The van der Waals surface area contributed by atoms with E-state index in [1.807, 2.05) is 84.9 Å². The predicted octanol–water partition coefficient (Wildman–Crippen LogP) is 5.92. The summed E-state index contributed by atoms with van der Waals surface area (Å²) in [6.45, 7) is 0. The van der Waals surface area contributed by atoms with E-state index in [0.29, 0.717) is 0 Å². The van der Waals surface area contributed by atoms with Crippen LogP contribution in [0.15, 0.2) is 97.1 Å². The minimum atomic E-state index is 0.781. The predicted molar refractivity (Wildman–Crippen MR) is 121 cm³/mol. The topological polar surface area (TPSA) is 79.9 Å². The quantitative estimate of drug-likeness (QED) is 0.293.